The van der Waals surface area contributed by atoms with Gasteiger partial charge >= 0.3 is 0 Å². The van der Waals surface area contributed by atoms with Crippen LogP contribution in [0.3, 0.4) is 0 Å². The first kappa shape index (κ1) is 23.0. The number of rotatable bonds is 9. The molecule has 1 fully saturated rings. The van der Waals surface area contributed by atoms with Gasteiger partial charge in [0.1, 0.15) is 0 Å². The molecule has 0 spiro atoms. The van der Waals surface area contributed by atoms with Crippen LogP contribution in [0, 0.1) is 12.8 Å². The Labute approximate surface area is 199 Å². The molecule has 34 heavy (non-hydrogen) atoms. The zero-order valence-corrected chi connectivity index (χ0v) is 19.1. The molecule has 3 aromatic carbocycles. The Morgan fingerprint density at radius 3 is 2.38 bits per heavy atom. The second-order valence-electron chi connectivity index (χ2n) is 8.44. The van der Waals surface area contributed by atoms with Gasteiger partial charge in [-0.1, -0.05) is 36.4 Å². The largest absolute Gasteiger partial charge is 0.376 e. The van der Waals surface area contributed by atoms with Crippen molar-refractivity contribution >= 4 is 34.8 Å². The predicted octanol–water partition coefficient (Wildman–Crippen LogP) is 4.32. The number of aryl methyl sites for hydroxylation is 1. The van der Waals surface area contributed by atoms with Gasteiger partial charge in [0.15, 0.2) is 0 Å². The molecule has 0 unspecified atom stereocenters. The Bertz CT molecular complexity index is 1190. The Balaban J connectivity index is 1.27. The molecule has 1 saturated carbocycles. The van der Waals surface area contributed by atoms with Crippen LogP contribution >= 0.6 is 0 Å². The van der Waals surface area contributed by atoms with Crippen LogP contribution in [0.4, 0.5) is 17.1 Å². The summed E-state index contributed by atoms with van der Waals surface area (Å²) >= 11 is 0. The highest BCUT2D eigenvalue weighted by atomic mass is 16.2. The number of benzene rings is 3. The quantitative estimate of drug-likeness (QED) is 0.385. The van der Waals surface area contributed by atoms with Crippen molar-refractivity contribution in [2.75, 3.05) is 22.5 Å². The molecule has 0 saturated heterocycles. The Hall–Kier alpha value is -4.13. The van der Waals surface area contributed by atoms with Gasteiger partial charge in [-0.25, -0.2) is 0 Å². The highest BCUT2D eigenvalue weighted by Gasteiger charge is 2.29. The van der Waals surface area contributed by atoms with E-state index >= 15 is 0 Å². The lowest BCUT2D eigenvalue weighted by Gasteiger charge is -2.13. The second kappa shape index (κ2) is 10.7. The van der Waals surface area contributed by atoms with Crippen molar-refractivity contribution < 1.29 is 14.4 Å². The summed E-state index contributed by atoms with van der Waals surface area (Å²) in [6.07, 6.45) is 1.91. The van der Waals surface area contributed by atoms with E-state index in [9.17, 15) is 14.4 Å². The van der Waals surface area contributed by atoms with Crippen LogP contribution in [0.1, 0.15) is 34.3 Å². The topological polar surface area (TPSA) is 99.3 Å². The molecule has 174 valence electrons. The van der Waals surface area contributed by atoms with E-state index in [0.717, 1.165) is 35.3 Å². The highest BCUT2D eigenvalue weighted by Crippen LogP contribution is 2.30. The minimum absolute atomic E-state index is 0.0583. The Morgan fingerprint density at radius 2 is 1.62 bits per heavy atom. The van der Waals surface area contributed by atoms with Crippen LogP contribution in [-0.4, -0.2) is 24.3 Å². The molecule has 1 aliphatic rings. The lowest BCUT2D eigenvalue weighted by atomic mass is 10.1. The minimum Gasteiger partial charge on any atom is -0.376 e. The normalized spacial score (nSPS) is 12.5. The minimum atomic E-state index is -0.191. The molecule has 0 atom stereocenters. The molecular weight excluding hydrogens is 428 g/mol. The standard InChI is InChI=1S/C27H28N4O3/c1-18-10-13-23(31-26(33)20-7-3-2-4-8-20)15-24(18)28-17-25(32)29-16-19-6-5-9-22(14-19)30-27(34)21-11-12-21/h2-10,13-15,21,28H,11-12,16-17H2,1H3,(H,29,32)(H,30,34)(H,31,33). The first-order valence-corrected chi connectivity index (χ1v) is 11.4. The van der Waals surface area contributed by atoms with Crippen molar-refractivity contribution in [3.05, 3.63) is 89.5 Å². The van der Waals surface area contributed by atoms with E-state index in [-0.39, 0.29) is 30.2 Å². The maximum atomic E-state index is 12.4. The van der Waals surface area contributed by atoms with Crippen molar-refractivity contribution in [2.45, 2.75) is 26.3 Å². The first-order chi connectivity index (χ1) is 16.5. The molecule has 0 heterocycles. The van der Waals surface area contributed by atoms with Gasteiger partial charge < -0.3 is 21.3 Å². The van der Waals surface area contributed by atoms with Crippen LogP contribution in [0.2, 0.25) is 0 Å². The van der Waals surface area contributed by atoms with Gasteiger partial charge in [-0.3, -0.25) is 14.4 Å². The molecule has 4 N–H and O–H groups in total. The van der Waals surface area contributed by atoms with Gasteiger partial charge in [0.2, 0.25) is 11.8 Å². The average molecular weight is 457 g/mol. The molecule has 0 bridgehead atoms. The van der Waals surface area contributed by atoms with Crippen LogP contribution in [-0.2, 0) is 16.1 Å². The molecule has 0 aromatic heterocycles. The third kappa shape index (κ3) is 6.45. The SMILES string of the molecule is Cc1ccc(NC(=O)c2ccccc2)cc1NCC(=O)NCc1cccc(NC(=O)C2CC2)c1. The molecule has 4 rings (SSSR count). The zero-order chi connectivity index (χ0) is 23.9. The van der Waals surface area contributed by atoms with E-state index in [1.165, 1.54) is 0 Å². The fourth-order valence-electron chi connectivity index (χ4n) is 3.47. The van der Waals surface area contributed by atoms with Crippen LogP contribution in [0.5, 0.6) is 0 Å². The summed E-state index contributed by atoms with van der Waals surface area (Å²) < 4.78 is 0. The third-order valence-corrected chi connectivity index (χ3v) is 5.60. The van der Waals surface area contributed by atoms with Gasteiger partial charge in [0.05, 0.1) is 6.54 Å². The summed E-state index contributed by atoms with van der Waals surface area (Å²) in [5.41, 5.74) is 4.60. The second-order valence-corrected chi connectivity index (χ2v) is 8.44. The lowest BCUT2D eigenvalue weighted by Crippen LogP contribution is -2.29. The average Bonchev–Trinajstić information content (AvgIpc) is 3.69. The van der Waals surface area contributed by atoms with Crippen LogP contribution in [0.25, 0.3) is 0 Å². The maximum absolute atomic E-state index is 12.4. The maximum Gasteiger partial charge on any atom is 0.255 e. The number of hydrogen-bond acceptors (Lipinski definition) is 4. The summed E-state index contributed by atoms with van der Waals surface area (Å²) in [7, 11) is 0. The molecule has 1 aliphatic carbocycles. The van der Waals surface area contributed by atoms with Gasteiger partial charge in [-0.2, -0.15) is 0 Å². The van der Waals surface area contributed by atoms with Crippen molar-refractivity contribution in [3.8, 4) is 0 Å². The van der Waals surface area contributed by atoms with E-state index < -0.39 is 0 Å². The smallest absolute Gasteiger partial charge is 0.255 e. The molecule has 3 aromatic rings. The van der Waals surface area contributed by atoms with Gasteiger partial charge in [-0.05, 0) is 67.3 Å². The number of carbonyl (C=O) groups is 3. The van der Waals surface area contributed by atoms with Crippen molar-refractivity contribution in [2.24, 2.45) is 5.92 Å². The lowest BCUT2D eigenvalue weighted by molar-refractivity contribution is -0.119. The van der Waals surface area contributed by atoms with E-state index in [4.69, 9.17) is 0 Å². The third-order valence-electron chi connectivity index (χ3n) is 5.60. The Morgan fingerprint density at radius 1 is 0.853 bits per heavy atom. The highest BCUT2D eigenvalue weighted by molar-refractivity contribution is 6.04. The van der Waals surface area contributed by atoms with Gasteiger partial charge in [0.25, 0.3) is 5.91 Å². The Kier molecular flexibility index (Phi) is 7.22. The predicted molar refractivity (Wildman–Crippen MR) is 134 cm³/mol. The summed E-state index contributed by atoms with van der Waals surface area (Å²) in [4.78, 5) is 36.7. The molecule has 0 radical (unpaired) electrons. The monoisotopic (exact) mass is 456 g/mol. The fourth-order valence-corrected chi connectivity index (χ4v) is 3.47. The molecule has 0 aliphatic heterocycles. The number of anilines is 3. The molecule has 7 heteroatoms. The fraction of sp³-hybridized carbons (Fsp3) is 0.222. The first-order valence-electron chi connectivity index (χ1n) is 11.4. The number of carbonyl (C=O) groups excluding carboxylic acids is 3. The van der Waals surface area contributed by atoms with Gasteiger partial charge in [0, 0.05) is 35.1 Å². The molecular formula is C27H28N4O3. The summed E-state index contributed by atoms with van der Waals surface area (Å²) in [5.74, 6) is -0.153. The van der Waals surface area contributed by atoms with E-state index in [2.05, 4.69) is 21.3 Å². The number of hydrogen-bond donors (Lipinski definition) is 4. The summed E-state index contributed by atoms with van der Waals surface area (Å²) in [6.45, 7) is 2.39. The summed E-state index contributed by atoms with van der Waals surface area (Å²) in [6, 6.07) is 22.0. The van der Waals surface area contributed by atoms with Crippen LogP contribution < -0.4 is 21.3 Å². The van der Waals surface area contributed by atoms with Crippen molar-refractivity contribution in [3.63, 3.8) is 0 Å². The molecule has 3 amide bonds. The zero-order valence-electron chi connectivity index (χ0n) is 19.1. The molecule has 7 nitrogen and oxygen atoms in total. The van der Waals surface area contributed by atoms with Gasteiger partial charge in [-0.15, -0.1) is 0 Å². The van der Waals surface area contributed by atoms with E-state index in [1.807, 2.05) is 67.6 Å². The van der Waals surface area contributed by atoms with Crippen LogP contribution in [0.15, 0.2) is 72.8 Å². The van der Waals surface area contributed by atoms with Crippen molar-refractivity contribution in [1.82, 2.24) is 5.32 Å². The van der Waals surface area contributed by atoms with E-state index in [1.54, 1.807) is 12.1 Å². The summed E-state index contributed by atoms with van der Waals surface area (Å²) in [5, 5.41) is 11.8. The van der Waals surface area contributed by atoms with Crippen molar-refractivity contribution in [1.29, 1.82) is 0 Å². The number of amides is 3. The van der Waals surface area contributed by atoms with E-state index in [0.29, 0.717) is 17.8 Å². The number of nitrogens with one attached hydrogen (secondary N) is 4.